The number of fused-ring (bicyclic) bond motifs is 1. The standard InChI is InChI=1S/C19H19FOS/c1-3-5-13-6-8-14(9-7-13)17-12-15-10-11-16(21-4-2)18(20)19(15)22-17/h6-12H,3-5H2,1-2H3. The van der Waals surface area contributed by atoms with Gasteiger partial charge in [0.1, 0.15) is 0 Å². The van der Waals surface area contributed by atoms with Gasteiger partial charge < -0.3 is 4.74 Å². The number of rotatable bonds is 5. The Morgan fingerprint density at radius 3 is 2.50 bits per heavy atom. The van der Waals surface area contributed by atoms with Crippen molar-refractivity contribution < 1.29 is 9.13 Å². The molecule has 0 atom stereocenters. The van der Waals surface area contributed by atoms with Crippen LogP contribution in [0.2, 0.25) is 0 Å². The summed E-state index contributed by atoms with van der Waals surface area (Å²) >= 11 is 1.48. The number of hydrogen-bond acceptors (Lipinski definition) is 2. The van der Waals surface area contributed by atoms with Gasteiger partial charge in [0.25, 0.3) is 0 Å². The lowest BCUT2D eigenvalue weighted by atomic mass is 10.1. The molecule has 0 radical (unpaired) electrons. The van der Waals surface area contributed by atoms with Crippen molar-refractivity contribution >= 4 is 21.4 Å². The molecule has 0 aliphatic heterocycles. The van der Waals surface area contributed by atoms with E-state index in [2.05, 4.69) is 31.2 Å². The molecule has 0 aliphatic rings. The highest BCUT2D eigenvalue weighted by Gasteiger charge is 2.12. The highest BCUT2D eigenvalue weighted by Crippen LogP contribution is 2.37. The first-order valence-electron chi connectivity index (χ1n) is 7.67. The van der Waals surface area contributed by atoms with Crippen LogP contribution in [0.15, 0.2) is 42.5 Å². The van der Waals surface area contributed by atoms with Crippen molar-refractivity contribution in [2.24, 2.45) is 0 Å². The molecule has 1 aromatic heterocycles. The van der Waals surface area contributed by atoms with E-state index < -0.39 is 0 Å². The van der Waals surface area contributed by atoms with Crippen LogP contribution in [0.4, 0.5) is 4.39 Å². The number of hydrogen-bond donors (Lipinski definition) is 0. The highest BCUT2D eigenvalue weighted by atomic mass is 32.1. The van der Waals surface area contributed by atoms with E-state index in [0.29, 0.717) is 17.1 Å². The van der Waals surface area contributed by atoms with E-state index in [9.17, 15) is 4.39 Å². The number of benzene rings is 2. The smallest absolute Gasteiger partial charge is 0.182 e. The van der Waals surface area contributed by atoms with Gasteiger partial charge in [0.2, 0.25) is 0 Å². The maximum absolute atomic E-state index is 14.4. The number of aryl methyl sites for hydroxylation is 1. The third-order valence-corrected chi connectivity index (χ3v) is 4.86. The fraction of sp³-hybridized carbons (Fsp3) is 0.263. The van der Waals surface area contributed by atoms with Gasteiger partial charge in [-0.1, -0.05) is 37.6 Å². The van der Waals surface area contributed by atoms with Crippen molar-refractivity contribution in [2.45, 2.75) is 26.7 Å². The Bertz CT molecular complexity index is 774. The number of thiophene rings is 1. The molecular weight excluding hydrogens is 295 g/mol. The average molecular weight is 314 g/mol. The fourth-order valence-corrected chi connectivity index (χ4v) is 3.68. The van der Waals surface area contributed by atoms with E-state index in [-0.39, 0.29) is 5.82 Å². The minimum absolute atomic E-state index is 0.252. The first-order chi connectivity index (χ1) is 10.7. The summed E-state index contributed by atoms with van der Waals surface area (Å²) in [6.07, 6.45) is 2.24. The zero-order valence-electron chi connectivity index (χ0n) is 12.9. The molecule has 114 valence electrons. The third kappa shape index (κ3) is 2.86. The van der Waals surface area contributed by atoms with E-state index in [1.807, 2.05) is 19.1 Å². The molecule has 0 N–H and O–H groups in total. The first kappa shape index (κ1) is 15.0. The van der Waals surface area contributed by atoms with Crippen LogP contribution in [0, 0.1) is 5.82 Å². The quantitative estimate of drug-likeness (QED) is 0.556. The zero-order chi connectivity index (χ0) is 15.5. The summed E-state index contributed by atoms with van der Waals surface area (Å²) in [5, 5.41) is 0.929. The van der Waals surface area contributed by atoms with Gasteiger partial charge in [0, 0.05) is 4.88 Å². The van der Waals surface area contributed by atoms with Crippen LogP contribution in [0.1, 0.15) is 25.8 Å². The SMILES string of the molecule is CCCc1ccc(-c2cc3ccc(OCC)c(F)c3s2)cc1. The third-order valence-electron chi connectivity index (χ3n) is 3.67. The molecular formula is C19H19FOS. The zero-order valence-corrected chi connectivity index (χ0v) is 13.7. The summed E-state index contributed by atoms with van der Waals surface area (Å²) < 4.78 is 20.4. The fourth-order valence-electron chi connectivity index (χ4n) is 2.58. The number of halogens is 1. The summed E-state index contributed by atoms with van der Waals surface area (Å²) in [6.45, 7) is 4.51. The van der Waals surface area contributed by atoms with Gasteiger partial charge in [-0.3, -0.25) is 0 Å². The molecule has 0 unspecified atom stereocenters. The Balaban J connectivity index is 1.99. The Hall–Kier alpha value is -1.87. The second kappa shape index (κ2) is 6.49. The molecule has 0 aliphatic carbocycles. The van der Waals surface area contributed by atoms with Crippen molar-refractivity contribution in [1.29, 1.82) is 0 Å². The van der Waals surface area contributed by atoms with Gasteiger partial charge in [0.05, 0.1) is 11.3 Å². The lowest BCUT2D eigenvalue weighted by Gasteiger charge is -2.04. The molecule has 0 saturated heterocycles. The Morgan fingerprint density at radius 2 is 1.82 bits per heavy atom. The van der Waals surface area contributed by atoms with E-state index in [1.54, 1.807) is 6.07 Å². The molecule has 22 heavy (non-hydrogen) atoms. The molecule has 0 spiro atoms. The van der Waals surface area contributed by atoms with Gasteiger partial charge in [-0.2, -0.15) is 0 Å². The molecule has 1 nitrogen and oxygen atoms in total. The van der Waals surface area contributed by atoms with Crippen molar-refractivity contribution in [2.75, 3.05) is 6.61 Å². The van der Waals surface area contributed by atoms with E-state index in [0.717, 1.165) is 28.7 Å². The van der Waals surface area contributed by atoms with Gasteiger partial charge in [-0.05, 0) is 48.1 Å². The van der Waals surface area contributed by atoms with E-state index in [4.69, 9.17) is 4.74 Å². The summed E-state index contributed by atoms with van der Waals surface area (Å²) in [7, 11) is 0. The Morgan fingerprint density at radius 1 is 1.05 bits per heavy atom. The van der Waals surface area contributed by atoms with Crippen LogP contribution in [0.3, 0.4) is 0 Å². The van der Waals surface area contributed by atoms with Gasteiger partial charge in [0.15, 0.2) is 11.6 Å². The van der Waals surface area contributed by atoms with Crippen LogP contribution < -0.4 is 4.74 Å². The lowest BCUT2D eigenvalue weighted by Crippen LogP contribution is -1.93. The molecule has 3 rings (SSSR count). The minimum atomic E-state index is -0.252. The van der Waals surface area contributed by atoms with Gasteiger partial charge >= 0.3 is 0 Å². The Kier molecular flexibility index (Phi) is 4.44. The lowest BCUT2D eigenvalue weighted by molar-refractivity contribution is 0.323. The minimum Gasteiger partial charge on any atom is -0.491 e. The summed E-state index contributed by atoms with van der Waals surface area (Å²) in [4.78, 5) is 1.09. The van der Waals surface area contributed by atoms with Gasteiger partial charge in [-0.15, -0.1) is 11.3 Å². The van der Waals surface area contributed by atoms with Crippen LogP contribution in [-0.2, 0) is 6.42 Å². The van der Waals surface area contributed by atoms with Crippen molar-refractivity contribution in [3.8, 4) is 16.2 Å². The highest BCUT2D eigenvalue weighted by molar-refractivity contribution is 7.22. The molecule has 3 heteroatoms. The second-order valence-electron chi connectivity index (χ2n) is 5.29. The predicted molar refractivity (Wildman–Crippen MR) is 92.4 cm³/mol. The second-order valence-corrected chi connectivity index (χ2v) is 6.34. The molecule has 2 aromatic carbocycles. The van der Waals surface area contributed by atoms with Crippen molar-refractivity contribution in [3.63, 3.8) is 0 Å². The molecule has 0 fully saturated rings. The first-order valence-corrected chi connectivity index (χ1v) is 8.48. The largest absolute Gasteiger partial charge is 0.491 e. The summed E-state index contributed by atoms with van der Waals surface area (Å²) in [5.74, 6) is 0.0832. The topological polar surface area (TPSA) is 9.23 Å². The molecule has 0 bridgehead atoms. The normalized spacial score (nSPS) is 11.0. The maximum atomic E-state index is 14.4. The monoisotopic (exact) mass is 314 g/mol. The van der Waals surface area contributed by atoms with Crippen LogP contribution in [0.5, 0.6) is 5.75 Å². The maximum Gasteiger partial charge on any atom is 0.182 e. The summed E-state index contributed by atoms with van der Waals surface area (Å²) in [6, 6.07) is 14.2. The van der Waals surface area contributed by atoms with Crippen LogP contribution in [-0.4, -0.2) is 6.61 Å². The predicted octanol–water partition coefficient (Wildman–Crippen LogP) is 6.06. The van der Waals surface area contributed by atoms with Crippen LogP contribution >= 0.6 is 11.3 Å². The Labute approximate surface area is 134 Å². The van der Waals surface area contributed by atoms with E-state index in [1.165, 1.54) is 16.9 Å². The van der Waals surface area contributed by atoms with E-state index >= 15 is 0 Å². The summed E-state index contributed by atoms with van der Waals surface area (Å²) in [5.41, 5.74) is 2.48. The average Bonchev–Trinajstić information content (AvgIpc) is 2.96. The molecule has 0 amide bonds. The molecule has 0 saturated carbocycles. The van der Waals surface area contributed by atoms with Gasteiger partial charge in [-0.25, -0.2) is 4.39 Å². The molecule has 1 heterocycles. The van der Waals surface area contributed by atoms with Crippen molar-refractivity contribution in [1.82, 2.24) is 0 Å². The number of ether oxygens (including phenoxy) is 1. The van der Waals surface area contributed by atoms with Crippen molar-refractivity contribution in [3.05, 3.63) is 53.8 Å². The molecule has 3 aromatic rings. The van der Waals surface area contributed by atoms with Crippen LogP contribution in [0.25, 0.3) is 20.5 Å².